The number of nitrogens with zero attached hydrogens (tertiary/aromatic N) is 4. The third-order valence-electron chi connectivity index (χ3n) is 6.59. The molecule has 0 aliphatic carbocycles. The minimum atomic E-state index is -0.0782. The summed E-state index contributed by atoms with van der Waals surface area (Å²) in [4.78, 5) is 15.8. The number of aromatic nitrogens is 3. The fourth-order valence-electron chi connectivity index (χ4n) is 4.59. The maximum atomic E-state index is 13.2. The monoisotopic (exact) mass is 433 g/mol. The van der Waals surface area contributed by atoms with Crippen molar-refractivity contribution in [2.24, 2.45) is 7.05 Å². The van der Waals surface area contributed by atoms with Gasteiger partial charge in [-0.3, -0.25) is 4.79 Å². The highest BCUT2D eigenvalue weighted by molar-refractivity contribution is 5.94. The molecule has 32 heavy (non-hydrogen) atoms. The number of hydrogen-bond donors (Lipinski definition) is 1. The van der Waals surface area contributed by atoms with Gasteiger partial charge in [0.05, 0.1) is 11.4 Å². The highest BCUT2D eigenvalue weighted by Crippen LogP contribution is 2.24. The molecule has 1 N–H and O–H groups in total. The second kappa shape index (κ2) is 9.74. The van der Waals surface area contributed by atoms with E-state index in [1.807, 2.05) is 36.0 Å². The van der Waals surface area contributed by atoms with E-state index in [4.69, 9.17) is 5.10 Å². The molecule has 1 aliphatic heterocycles. The van der Waals surface area contributed by atoms with Gasteiger partial charge in [-0.15, -0.1) is 0 Å². The van der Waals surface area contributed by atoms with Crippen LogP contribution in [0.5, 0.6) is 0 Å². The Morgan fingerprint density at radius 3 is 2.78 bits per heavy atom. The molecule has 1 saturated heterocycles. The van der Waals surface area contributed by atoms with Crippen LogP contribution in [-0.2, 0) is 7.05 Å². The highest BCUT2D eigenvalue weighted by Gasteiger charge is 2.21. The Hall–Kier alpha value is -2.86. The van der Waals surface area contributed by atoms with Gasteiger partial charge in [-0.2, -0.15) is 5.10 Å². The maximum absolute atomic E-state index is 13.2. The molecule has 3 heterocycles. The van der Waals surface area contributed by atoms with Gasteiger partial charge in [0.15, 0.2) is 0 Å². The van der Waals surface area contributed by atoms with Crippen LogP contribution in [0.2, 0.25) is 0 Å². The zero-order valence-electron chi connectivity index (χ0n) is 19.8. The smallest absolute Gasteiger partial charge is 0.270 e. The van der Waals surface area contributed by atoms with Crippen molar-refractivity contribution in [3.63, 3.8) is 0 Å². The zero-order chi connectivity index (χ0) is 22.7. The zero-order valence-corrected chi connectivity index (χ0v) is 19.8. The molecular weight excluding hydrogens is 398 g/mol. The van der Waals surface area contributed by atoms with Crippen LogP contribution in [-0.4, -0.2) is 50.8 Å². The summed E-state index contributed by atoms with van der Waals surface area (Å²) in [5, 5.41) is 7.98. The van der Waals surface area contributed by atoms with Gasteiger partial charge in [0.25, 0.3) is 5.91 Å². The van der Waals surface area contributed by atoms with E-state index < -0.39 is 0 Å². The molecule has 1 aromatic carbocycles. The summed E-state index contributed by atoms with van der Waals surface area (Å²) >= 11 is 0. The molecule has 6 heteroatoms. The van der Waals surface area contributed by atoms with Gasteiger partial charge >= 0.3 is 0 Å². The average Bonchev–Trinajstić information content (AvgIpc) is 3.40. The number of piperidine rings is 1. The Balaban J connectivity index is 1.53. The van der Waals surface area contributed by atoms with Crippen molar-refractivity contribution in [2.45, 2.75) is 52.5 Å². The van der Waals surface area contributed by atoms with E-state index in [0.717, 1.165) is 41.2 Å². The first-order valence-electron chi connectivity index (χ1n) is 11.8. The van der Waals surface area contributed by atoms with Crippen LogP contribution in [0.15, 0.2) is 42.6 Å². The molecule has 0 radical (unpaired) electrons. The first kappa shape index (κ1) is 22.3. The van der Waals surface area contributed by atoms with Gasteiger partial charge < -0.3 is 14.8 Å². The predicted molar refractivity (Wildman–Crippen MR) is 129 cm³/mol. The molecule has 2 aromatic heterocycles. The van der Waals surface area contributed by atoms with E-state index in [0.29, 0.717) is 18.3 Å². The summed E-state index contributed by atoms with van der Waals surface area (Å²) in [6, 6.07) is 12.8. The van der Waals surface area contributed by atoms with Crippen LogP contribution < -0.4 is 5.32 Å². The van der Waals surface area contributed by atoms with Gasteiger partial charge in [-0.25, -0.2) is 4.68 Å². The first-order chi connectivity index (χ1) is 15.4. The number of benzene rings is 1. The number of carbonyl (C=O) groups is 1. The molecule has 3 aromatic rings. The van der Waals surface area contributed by atoms with Crippen LogP contribution in [0.1, 0.15) is 54.2 Å². The van der Waals surface area contributed by atoms with E-state index in [1.165, 1.54) is 25.8 Å². The normalized spacial score (nSPS) is 16.9. The van der Waals surface area contributed by atoms with Crippen molar-refractivity contribution in [1.82, 2.24) is 24.6 Å². The summed E-state index contributed by atoms with van der Waals surface area (Å²) in [6.45, 7) is 9.30. The molecule has 1 aliphatic rings. The van der Waals surface area contributed by atoms with Gasteiger partial charge in [0, 0.05) is 32.4 Å². The SMILES string of the molecule is Cc1ccc(C)c(-n2nc(-c3cccn3C)cc2C(=O)NCCCN2CCCCC2C)c1. The molecule has 1 fully saturated rings. The lowest BCUT2D eigenvalue weighted by molar-refractivity contribution is 0.0941. The summed E-state index contributed by atoms with van der Waals surface area (Å²) in [6.07, 6.45) is 6.85. The Morgan fingerprint density at radius 2 is 2.03 bits per heavy atom. The largest absolute Gasteiger partial charge is 0.351 e. The van der Waals surface area contributed by atoms with Crippen LogP contribution in [0.3, 0.4) is 0 Å². The molecule has 4 rings (SSSR count). The molecule has 0 spiro atoms. The van der Waals surface area contributed by atoms with E-state index in [-0.39, 0.29) is 5.91 Å². The van der Waals surface area contributed by atoms with Crippen LogP contribution >= 0.6 is 0 Å². The molecule has 170 valence electrons. The van der Waals surface area contributed by atoms with Crippen molar-refractivity contribution < 1.29 is 4.79 Å². The third-order valence-corrected chi connectivity index (χ3v) is 6.59. The third kappa shape index (κ3) is 4.80. The first-order valence-corrected chi connectivity index (χ1v) is 11.8. The average molecular weight is 434 g/mol. The van der Waals surface area contributed by atoms with Crippen LogP contribution in [0.4, 0.5) is 0 Å². The Kier molecular flexibility index (Phi) is 6.80. The molecule has 0 bridgehead atoms. The summed E-state index contributed by atoms with van der Waals surface area (Å²) in [5.74, 6) is -0.0782. The van der Waals surface area contributed by atoms with Gasteiger partial charge in [0.2, 0.25) is 0 Å². The standard InChI is InChI=1S/C26H35N5O/c1-19-11-12-20(2)24(17-19)31-25(18-22(28-31)23-10-7-14-29(23)4)26(32)27-13-8-16-30-15-6-5-9-21(30)3/h7,10-12,14,17-18,21H,5-6,8-9,13,15-16H2,1-4H3,(H,27,32). The molecule has 0 saturated carbocycles. The van der Waals surface area contributed by atoms with E-state index >= 15 is 0 Å². The molecule has 1 atom stereocenters. The van der Waals surface area contributed by atoms with Crippen LogP contribution in [0.25, 0.3) is 17.1 Å². The van der Waals surface area contributed by atoms with E-state index in [1.54, 1.807) is 4.68 Å². The molecule has 6 nitrogen and oxygen atoms in total. The van der Waals surface area contributed by atoms with Crippen molar-refractivity contribution >= 4 is 5.91 Å². The predicted octanol–water partition coefficient (Wildman–Crippen LogP) is 4.49. The molecular formula is C26H35N5O. The summed E-state index contributed by atoms with van der Waals surface area (Å²) < 4.78 is 3.82. The van der Waals surface area contributed by atoms with Gasteiger partial charge in [-0.1, -0.05) is 18.6 Å². The van der Waals surface area contributed by atoms with E-state index in [9.17, 15) is 4.79 Å². The Labute approximate surface area is 191 Å². The number of carbonyl (C=O) groups excluding carboxylic acids is 1. The molecule has 1 amide bonds. The lowest BCUT2D eigenvalue weighted by atomic mass is 10.0. The lowest BCUT2D eigenvalue weighted by Gasteiger charge is -2.33. The van der Waals surface area contributed by atoms with Crippen LogP contribution in [0, 0.1) is 13.8 Å². The topological polar surface area (TPSA) is 55.1 Å². The number of rotatable bonds is 7. The van der Waals surface area contributed by atoms with E-state index in [2.05, 4.69) is 49.2 Å². The number of hydrogen-bond acceptors (Lipinski definition) is 3. The van der Waals surface area contributed by atoms with Gasteiger partial charge in [-0.05, 0) is 82.0 Å². The molecule has 1 unspecified atom stereocenters. The summed E-state index contributed by atoms with van der Waals surface area (Å²) in [5.41, 5.74) is 5.53. The summed E-state index contributed by atoms with van der Waals surface area (Å²) in [7, 11) is 1.99. The second-order valence-corrected chi connectivity index (χ2v) is 9.11. The second-order valence-electron chi connectivity index (χ2n) is 9.11. The maximum Gasteiger partial charge on any atom is 0.270 e. The minimum absolute atomic E-state index is 0.0782. The number of likely N-dealkylation sites (tertiary alicyclic amines) is 1. The Morgan fingerprint density at radius 1 is 1.19 bits per heavy atom. The highest BCUT2D eigenvalue weighted by atomic mass is 16.2. The number of amides is 1. The fraction of sp³-hybridized carbons (Fsp3) is 0.462. The van der Waals surface area contributed by atoms with Crippen molar-refractivity contribution in [3.8, 4) is 17.1 Å². The lowest BCUT2D eigenvalue weighted by Crippen LogP contribution is -2.39. The van der Waals surface area contributed by atoms with Crippen molar-refractivity contribution in [2.75, 3.05) is 19.6 Å². The number of aryl methyl sites for hydroxylation is 3. The quantitative estimate of drug-likeness (QED) is 0.559. The van der Waals surface area contributed by atoms with Crippen molar-refractivity contribution in [3.05, 3.63) is 59.4 Å². The number of nitrogens with one attached hydrogen (secondary N) is 1. The fourth-order valence-corrected chi connectivity index (χ4v) is 4.59. The Bertz CT molecular complexity index is 1080. The van der Waals surface area contributed by atoms with Gasteiger partial charge in [0.1, 0.15) is 11.4 Å². The van der Waals surface area contributed by atoms with Crippen molar-refractivity contribution in [1.29, 1.82) is 0 Å². The minimum Gasteiger partial charge on any atom is -0.351 e.